The molecule has 4 aromatic rings. The second-order valence-corrected chi connectivity index (χ2v) is 7.59. The number of benzene rings is 2. The number of aliphatic carboxylic acids is 1. The SMILES string of the molecule is CC(C)CCn1c(Cn2c(NCC(=O)[O-])nc3ccccc32)nc2ccccc21. The highest BCUT2D eigenvalue weighted by molar-refractivity contribution is 5.80. The number of nitrogens with one attached hydrogen (secondary N) is 1. The Morgan fingerprint density at radius 2 is 1.62 bits per heavy atom. The molecule has 0 aliphatic rings. The molecule has 0 aliphatic heterocycles. The lowest BCUT2D eigenvalue weighted by molar-refractivity contribution is -0.302. The monoisotopic (exact) mass is 390 g/mol. The van der Waals surface area contributed by atoms with Gasteiger partial charge in [0.2, 0.25) is 5.95 Å². The van der Waals surface area contributed by atoms with Crippen molar-refractivity contribution in [3.8, 4) is 0 Å². The van der Waals surface area contributed by atoms with Gasteiger partial charge in [-0.3, -0.25) is 0 Å². The third-order valence-corrected chi connectivity index (χ3v) is 5.01. The summed E-state index contributed by atoms with van der Waals surface area (Å²) in [6.45, 7) is 5.49. The van der Waals surface area contributed by atoms with Crippen LogP contribution in [0.4, 0.5) is 5.95 Å². The number of hydrogen-bond donors (Lipinski definition) is 1. The van der Waals surface area contributed by atoms with E-state index in [2.05, 4.69) is 34.8 Å². The van der Waals surface area contributed by atoms with Crippen LogP contribution in [-0.4, -0.2) is 31.6 Å². The summed E-state index contributed by atoms with van der Waals surface area (Å²) in [5, 5.41) is 13.8. The molecule has 0 atom stereocenters. The number of hydrogen-bond acceptors (Lipinski definition) is 5. The van der Waals surface area contributed by atoms with E-state index in [1.165, 1.54) is 0 Å². The first-order chi connectivity index (χ1) is 14.0. The molecule has 0 fully saturated rings. The largest absolute Gasteiger partial charge is 0.548 e. The zero-order valence-electron chi connectivity index (χ0n) is 16.6. The van der Waals surface area contributed by atoms with E-state index in [4.69, 9.17) is 4.98 Å². The molecule has 4 rings (SSSR count). The average Bonchev–Trinajstić information content (AvgIpc) is 3.23. The number of aryl methyl sites for hydroxylation is 1. The van der Waals surface area contributed by atoms with Gasteiger partial charge in [0.15, 0.2) is 0 Å². The molecule has 0 radical (unpaired) electrons. The number of carboxylic acids is 1. The van der Waals surface area contributed by atoms with Gasteiger partial charge in [0.1, 0.15) is 5.82 Å². The Bertz CT molecular complexity index is 1160. The van der Waals surface area contributed by atoms with Crippen molar-refractivity contribution in [1.82, 2.24) is 19.1 Å². The molecule has 0 spiro atoms. The summed E-state index contributed by atoms with van der Waals surface area (Å²) < 4.78 is 4.23. The molecular weight excluding hydrogens is 366 g/mol. The molecule has 0 bridgehead atoms. The fourth-order valence-corrected chi connectivity index (χ4v) is 3.55. The average molecular weight is 390 g/mol. The standard InChI is InChI=1S/C22H25N5O2/c1-15(2)11-12-26-18-9-5-3-7-16(18)24-20(26)14-27-19-10-6-4-8-17(19)25-22(27)23-13-21(28)29/h3-10,15H,11-14H2,1-2H3,(H,23,25)(H,28,29)/p-1. The van der Waals surface area contributed by atoms with Crippen LogP contribution in [0.1, 0.15) is 26.1 Å². The van der Waals surface area contributed by atoms with Crippen LogP contribution in [-0.2, 0) is 17.9 Å². The summed E-state index contributed by atoms with van der Waals surface area (Å²) in [5.74, 6) is 0.829. The van der Waals surface area contributed by atoms with Crippen molar-refractivity contribution in [2.45, 2.75) is 33.4 Å². The second-order valence-electron chi connectivity index (χ2n) is 7.59. The van der Waals surface area contributed by atoms with Crippen molar-refractivity contribution >= 4 is 34.0 Å². The van der Waals surface area contributed by atoms with Crippen LogP contribution in [0.3, 0.4) is 0 Å². The number of aromatic nitrogens is 4. The van der Waals surface area contributed by atoms with Gasteiger partial charge >= 0.3 is 0 Å². The second kappa shape index (κ2) is 7.95. The molecule has 7 nitrogen and oxygen atoms in total. The lowest BCUT2D eigenvalue weighted by Gasteiger charge is -2.14. The molecule has 0 saturated heterocycles. The Kier molecular flexibility index (Phi) is 5.20. The molecule has 0 unspecified atom stereocenters. The normalized spacial score (nSPS) is 11.6. The molecule has 1 N–H and O–H groups in total. The summed E-state index contributed by atoms with van der Waals surface area (Å²) in [6, 6.07) is 15.9. The van der Waals surface area contributed by atoms with Crippen molar-refractivity contribution in [3.63, 3.8) is 0 Å². The number of para-hydroxylation sites is 4. The van der Waals surface area contributed by atoms with Gasteiger partial charge in [-0.25, -0.2) is 9.97 Å². The Morgan fingerprint density at radius 3 is 2.28 bits per heavy atom. The summed E-state index contributed by atoms with van der Waals surface area (Å²) >= 11 is 0. The van der Waals surface area contributed by atoms with Crippen molar-refractivity contribution < 1.29 is 9.90 Å². The van der Waals surface area contributed by atoms with Gasteiger partial charge in [0.05, 0.1) is 41.1 Å². The molecule has 2 aromatic heterocycles. The molecule has 0 amide bonds. The molecule has 2 aromatic carbocycles. The maximum atomic E-state index is 11.0. The smallest absolute Gasteiger partial charge is 0.204 e. The van der Waals surface area contributed by atoms with Crippen LogP contribution in [0.25, 0.3) is 22.1 Å². The molecular formula is C22H24N5O2-. The summed E-state index contributed by atoms with van der Waals surface area (Å²) in [4.78, 5) is 20.4. The Labute approximate surface area is 169 Å². The molecule has 0 aliphatic carbocycles. The first-order valence-corrected chi connectivity index (χ1v) is 9.86. The molecule has 29 heavy (non-hydrogen) atoms. The number of carbonyl (C=O) groups excluding carboxylic acids is 1. The maximum absolute atomic E-state index is 11.0. The Hall–Kier alpha value is -3.35. The van der Waals surface area contributed by atoms with Crippen LogP contribution in [0.15, 0.2) is 48.5 Å². The van der Waals surface area contributed by atoms with Crippen LogP contribution in [0.2, 0.25) is 0 Å². The van der Waals surface area contributed by atoms with Crippen molar-refractivity contribution in [3.05, 3.63) is 54.4 Å². The minimum atomic E-state index is -1.17. The van der Waals surface area contributed by atoms with Crippen molar-refractivity contribution in [2.24, 2.45) is 5.92 Å². The fourth-order valence-electron chi connectivity index (χ4n) is 3.55. The summed E-state index contributed by atoms with van der Waals surface area (Å²) in [6.07, 6.45) is 1.05. The lowest BCUT2D eigenvalue weighted by atomic mass is 10.1. The predicted octanol–water partition coefficient (Wildman–Crippen LogP) is 2.64. The van der Waals surface area contributed by atoms with Crippen LogP contribution in [0, 0.1) is 5.92 Å². The van der Waals surface area contributed by atoms with E-state index in [1.54, 1.807) is 0 Å². The fraction of sp³-hybridized carbons (Fsp3) is 0.318. The van der Waals surface area contributed by atoms with Gasteiger partial charge in [-0.15, -0.1) is 0 Å². The highest BCUT2D eigenvalue weighted by Crippen LogP contribution is 2.24. The number of anilines is 1. The first kappa shape index (κ1) is 19.0. The highest BCUT2D eigenvalue weighted by atomic mass is 16.4. The Morgan fingerprint density at radius 1 is 1.00 bits per heavy atom. The van der Waals surface area contributed by atoms with E-state index < -0.39 is 5.97 Å². The minimum Gasteiger partial charge on any atom is -0.548 e. The predicted molar refractivity (Wildman–Crippen MR) is 112 cm³/mol. The number of rotatable bonds is 8. The zero-order chi connectivity index (χ0) is 20.4. The molecule has 0 saturated carbocycles. The van der Waals surface area contributed by atoms with Crippen molar-refractivity contribution in [2.75, 3.05) is 11.9 Å². The maximum Gasteiger partial charge on any atom is 0.204 e. The van der Waals surface area contributed by atoms with Gasteiger partial charge in [-0.2, -0.15) is 0 Å². The van der Waals surface area contributed by atoms with Gasteiger partial charge in [0.25, 0.3) is 0 Å². The van der Waals surface area contributed by atoms with E-state index in [1.807, 2.05) is 47.0 Å². The summed E-state index contributed by atoms with van der Waals surface area (Å²) in [5.41, 5.74) is 3.80. The van der Waals surface area contributed by atoms with Gasteiger partial charge in [-0.1, -0.05) is 38.1 Å². The van der Waals surface area contributed by atoms with Gasteiger partial charge in [-0.05, 0) is 36.6 Å². The third-order valence-electron chi connectivity index (χ3n) is 5.01. The number of imidazole rings is 2. The molecule has 7 heteroatoms. The van der Waals surface area contributed by atoms with Crippen molar-refractivity contribution in [1.29, 1.82) is 0 Å². The highest BCUT2D eigenvalue weighted by Gasteiger charge is 2.16. The Balaban J connectivity index is 1.78. The van der Waals surface area contributed by atoms with Gasteiger partial charge < -0.3 is 24.4 Å². The third kappa shape index (κ3) is 3.94. The minimum absolute atomic E-state index is 0.299. The first-order valence-electron chi connectivity index (χ1n) is 9.86. The van der Waals surface area contributed by atoms with Gasteiger partial charge in [0, 0.05) is 6.54 Å². The topological polar surface area (TPSA) is 87.8 Å². The molecule has 2 heterocycles. The number of carboxylic acid groups (broad SMARTS) is 1. The van der Waals surface area contributed by atoms with Crippen LogP contribution < -0.4 is 10.4 Å². The molecule has 150 valence electrons. The summed E-state index contributed by atoms with van der Waals surface area (Å²) in [7, 11) is 0. The number of fused-ring (bicyclic) bond motifs is 2. The lowest BCUT2D eigenvalue weighted by Crippen LogP contribution is -2.31. The van der Waals surface area contributed by atoms with E-state index in [9.17, 15) is 9.90 Å². The quantitative estimate of drug-likeness (QED) is 0.500. The van der Waals surface area contributed by atoms with Crippen LogP contribution in [0.5, 0.6) is 0 Å². The van der Waals surface area contributed by atoms with E-state index >= 15 is 0 Å². The van der Waals surface area contributed by atoms with E-state index in [0.29, 0.717) is 18.4 Å². The number of nitrogens with zero attached hydrogens (tertiary/aromatic N) is 4. The van der Waals surface area contributed by atoms with Crippen LogP contribution >= 0.6 is 0 Å². The van der Waals surface area contributed by atoms with E-state index in [0.717, 1.165) is 40.9 Å². The van der Waals surface area contributed by atoms with E-state index in [-0.39, 0.29) is 6.54 Å². The number of carbonyl (C=O) groups is 1. The zero-order valence-corrected chi connectivity index (χ0v) is 16.6.